The van der Waals surface area contributed by atoms with Crippen LogP contribution in [0.15, 0.2) is 29.1 Å². The van der Waals surface area contributed by atoms with Crippen molar-refractivity contribution in [2.45, 2.75) is 12.8 Å². The van der Waals surface area contributed by atoms with E-state index >= 15 is 0 Å². The van der Waals surface area contributed by atoms with Crippen molar-refractivity contribution in [2.75, 3.05) is 24.8 Å². The Hall–Kier alpha value is -3.82. The van der Waals surface area contributed by atoms with Crippen LogP contribution in [-0.4, -0.2) is 40.7 Å². The zero-order valence-electron chi connectivity index (χ0n) is 16.8. The van der Waals surface area contributed by atoms with Gasteiger partial charge in [-0.2, -0.15) is 0 Å². The van der Waals surface area contributed by atoms with Gasteiger partial charge in [-0.15, -0.1) is 0 Å². The standard InChI is InChI=1S/C20H22N6O4/c1-21-18(27)11-6-7-12(14(8-11)30-3)22-13-9-15(24-19(28)10-4-5-10)23-17-16(13)20(29)26(2)25-17/h6-10H,4-5H2,1-3H3,(H,21,27)(H3,22,23,24,25,28). The van der Waals surface area contributed by atoms with E-state index in [-0.39, 0.29) is 23.3 Å². The van der Waals surface area contributed by atoms with E-state index in [1.165, 1.54) is 11.8 Å². The molecule has 156 valence electrons. The molecule has 4 N–H and O–H groups in total. The molecule has 0 aliphatic heterocycles. The molecule has 2 amide bonds. The number of aromatic nitrogens is 3. The average Bonchev–Trinajstić information content (AvgIpc) is 3.54. The van der Waals surface area contributed by atoms with Gasteiger partial charge in [0.05, 0.1) is 18.5 Å². The van der Waals surface area contributed by atoms with Gasteiger partial charge in [0.25, 0.3) is 11.5 Å². The Bertz CT molecular complexity index is 1210. The second-order valence-corrected chi connectivity index (χ2v) is 7.14. The number of ether oxygens (including phenoxy) is 1. The summed E-state index contributed by atoms with van der Waals surface area (Å²) in [6.07, 6.45) is 1.74. The van der Waals surface area contributed by atoms with Crippen LogP contribution in [0.1, 0.15) is 23.2 Å². The van der Waals surface area contributed by atoms with Gasteiger partial charge in [-0.05, 0) is 31.0 Å². The second-order valence-electron chi connectivity index (χ2n) is 7.14. The quantitative estimate of drug-likeness (QED) is 0.490. The number of rotatable bonds is 6. The lowest BCUT2D eigenvalue weighted by atomic mass is 10.1. The fraction of sp³-hybridized carbons (Fsp3) is 0.300. The van der Waals surface area contributed by atoms with E-state index in [0.29, 0.717) is 39.5 Å². The van der Waals surface area contributed by atoms with E-state index in [1.54, 1.807) is 38.4 Å². The molecule has 3 aromatic rings. The van der Waals surface area contributed by atoms with Gasteiger partial charge in [0.15, 0.2) is 5.65 Å². The maximum absolute atomic E-state index is 12.6. The smallest absolute Gasteiger partial charge is 0.277 e. The summed E-state index contributed by atoms with van der Waals surface area (Å²) >= 11 is 0. The van der Waals surface area contributed by atoms with Gasteiger partial charge in [-0.1, -0.05) is 0 Å². The molecule has 1 aliphatic carbocycles. The first-order valence-electron chi connectivity index (χ1n) is 9.49. The van der Waals surface area contributed by atoms with Gasteiger partial charge in [0.2, 0.25) is 5.91 Å². The van der Waals surface area contributed by atoms with Crippen molar-refractivity contribution in [2.24, 2.45) is 13.0 Å². The third kappa shape index (κ3) is 3.59. The van der Waals surface area contributed by atoms with E-state index < -0.39 is 0 Å². The number of hydrogen-bond acceptors (Lipinski definition) is 6. The van der Waals surface area contributed by atoms with Crippen molar-refractivity contribution in [1.82, 2.24) is 20.1 Å². The van der Waals surface area contributed by atoms with Crippen molar-refractivity contribution in [1.29, 1.82) is 0 Å². The number of amides is 2. The van der Waals surface area contributed by atoms with Crippen LogP contribution in [0.2, 0.25) is 0 Å². The summed E-state index contributed by atoms with van der Waals surface area (Å²) < 4.78 is 6.74. The molecular weight excluding hydrogens is 388 g/mol. The highest BCUT2D eigenvalue weighted by Crippen LogP contribution is 2.33. The minimum absolute atomic E-state index is 0.0195. The van der Waals surface area contributed by atoms with Crippen LogP contribution in [0, 0.1) is 5.92 Å². The maximum atomic E-state index is 12.6. The number of aryl methyl sites for hydroxylation is 1. The van der Waals surface area contributed by atoms with Crippen LogP contribution in [0.25, 0.3) is 11.0 Å². The van der Waals surface area contributed by atoms with E-state index in [9.17, 15) is 14.4 Å². The highest BCUT2D eigenvalue weighted by Gasteiger charge is 2.30. The van der Waals surface area contributed by atoms with Crippen LogP contribution >= 0.6 is 0 Å². The Morgan fingerprint density at radius 1 is 1.23 bits per heavy atom. The largest absolute Gasteiger partial charge is 0.495 e. The number of methoxy groups -OCH3 is 1. The normalized spacial score (nSPS) is 13.2. The molecule has 10 nitrogen and oxygen atoms in total. The van der Waals surface area contributed by atoms with Crippen LogP contribution in [0.4, 0.5) is 17.2 Å². The number of benzene rings is 1. The molecule has 2 heterocycles. The lowest BCUT2D eigenvalue weighted by Gasteiger charge is -2.14. The Kier molecular flexibility index (Phi) is 4.90. The molecule has 30 heavy (non-hydrogen) atoms. The number of carbonyl (C=O) groups excluding carboxylic acids is 2. The molecule has 0 unspecified atom stereocenters. The van der Waals surface area contributed by atoms with Gasteiger partial charge in [-0.3, -0.25) is 24.2 Å². The predicted octanol–water partition coefficient (Wildman–Crippen LogP) is 1.72. The molecule has 2 aromatic heterocycles. The summed E-state index contributed by atoms with van der Waals surface area (Å²) in [6, 6.07) is 6.55. The van der Waals surface area contributed by atoms with Gasteiger partial charge in [-0.25, -0.2) is 4.98 Å². The van der Waals surface area contributed by atoms with E-state index in [4.69, 9.17) is 4.74 Å². The topological polar surface area (TPSA) is 130 Å². The zero-order chi connectivity index (χ0) is 21.4. The number of nitrogens with one attached hydrogen (secondary N) is 4. The first-order valence-corrected chi connectivity index (χ1v) is 9.49. The lowest BCUT2D eigenvalue weighted by Crippen LogP contribution is -2.17. The number of anilines is 3. The molecule has 1 fully saturated rings. The molecule has 0 saturated heterocycles. The molecule has 10 heteroatoms. The van der Waals surface area contributed by atoms with Crippen molar-refractivity contribution >= 4 is 40.0 Å². The third-order valence-corrected chi connectivity index (χ3v) is 4.97. The first-order chi connectivity index (χ1) is 14.4. The second kappa shape index (κ2) is 7.54. The average molecular weight is 410 g/mol. The first kappa shape index (κ1) is 19.5. The Labute approximate surface area is 171 Å². The highest BCUT2D eigenvalue weighted by atomic mass is 16.5. The molecule has 1 aliphatic rings. The minimum Gasteiger partial charge on any atom is -0.495 e. The molecule has 0 radical (unpaired) electrons. The van der Waals surface area contributed by atoms with Gasteiger partial charge in [0.1, 0.15) is 17.0 Å². The predicted molar refractivity (Wildman–Crippen MR) is 112 cm³/mol. The minimum atomic E-state index is -0.263. The molecule has 0 spiro atoms. The highest BCUT2D eigenvalue weighted by molar-refractivity contribution is 5.99. The fourth-order valence-electron chi connectivity index (χ4n) is 3.18. The summed E-state index contributed by atoms with van der Waals surface area (Å²) in [5.74, 6) is 0.460. The summed E-state index contributed by atoms with van der Waals surface area (Å²) in [7, 11) is 4.63. The summed E-state index contributed by atoms with van der Waals surface area (Å²) in [4.78, 5) is 41.0. The van der Waals surface area contributed by atoms with Crippen LogP contribution in [0.5, 0.6) is 5.75 Å². The van der Waals surface area contributed by atoms with Crippen LogP contribution < -0.4 is 26.2 Å². The number of aromatic amines is 1. The molecule has 4 rings (SSSR count). The van der Waals surface area contributed by atoms with Crippen molar-refractivity contribution < 1.29 is 14.3 Å². The van der Waals surface area contributed by atoms with Crippen molar-refractivity contribution in [3.8, 4) is 5.75 Å². The summed E-state index contributed by atoms with van der Waals surface area (Å²) in [5, 5.41) is 11.8. The Morgan fingerprint density at radius 3 is 2.67 bits per heavy atom. The lowest BCUT2D eigenvalue weighted by molar-refractivity contribution is -0.117. The number of H-pyrrole nitrogens is 1. The Balaban J connectivity index is 1.76. The summed E-state index contributed by atoms with van der Waals surface area (Å²) in [6.45, 7) is 0. The number of pyridine rings is 1. The van der Waals surface area contributed by atoms with Crippen molar-refractivity contribution in [3.63, 3.8) is 0 Å². The van der Waals surface area contributed by atoms with Crippen molar-refractivity contribution in [3.05, 3.63) is 40.2 Å². The number of nitrogens with zero attached hydrogens (tertiary/aromatic N) is 2. The van der Waals surface area contributed by atoms with Gasteiger partial charge in [0, 0.05) is 31.6 Å². The summed E-state index contributed by atoms with van der Waals surface area (Å²) in [5.41, 5.74) is 1.54. The van der Waals surface area contributed by atoms with E-state index in [2.05, 4.69) is 26.0 Å². The third-order valence-electron chi connectivity index (χ3n) is 4.97. The van der Waals surface area contributed by atoms with Crippen LogP contribution in [-0.2, 0) is 11.8 Å². The fourth-order valence-corrected chi connectivity index (χ4v) is 3.18. The van der Waals surface area contributed by atoms with Gasteiger partial charge >= 0.3 is 0 Å². The SMILES string of the molecule is CNC(=O)c1ccc(Nc2cc(NC(=O)C3CC3)nc3[nH]n(C)c(=O)c23)c(OC)c1. The molecule has 1 aromatic carbocycles. The number of carbonyl (C=O) groups is 2. The molecule has 1 saturated carbocycles. The van der Waals surface area contributed by atoms with Crippen LogP contribution in [0.3, 0.4) is 0 Å². The number of fused-ring (bicyclic) bond motifs is 1. The number of hydrogen-bond donors (Lipinski definition) is 4. The molecular formula is C20H22N6O4. The Morgan fingerprint density at radius 2 is 2.00 bits per heavy atom. The molecule has 0 atom stereocenters. The maximum Gasteiger partial charge on any atom is 0.277 e. The van der Waals surface area contributed by atoms with Gasteiger partial charge < -0.3 is 20.7 Å². The van der Waals surface area contributed by atoms with E-state index in [1.807, 2.05) is 0 Å². The zero-order valence-corrected chi connectivity index (χ0v) is 16.8. The van der Waals surface area contributed by atoms with E-state index in [0.717, 1.165) is 12.8 Å². The molecule has 0 bridgehead atoms. The monoisotopic (exact) mass is 410 g/mol.